The molecule has 0 radical (unpaired) electrons. The monoisotopic (exact) mass is 675 g/mol. The van der Waals surface area contributed by atoms with Gasteiger partial charge in [0.05, 0.1) is 0 Å². The number of ether oxygens (including phenoxy) is 1. The highest BCUT2D eigenvalue weighted by Crippen LogP contribution is 2.29. The van der Waals surface area contributed by atoms with E-state index in [9.17, 15) is 44.3 Å². The molecule has 1 heterocycles. The summed E-state index contributed by atoms with van der Waals surface area (Å²) in [5.74, 6) is -8.45. The summed E-state index contributed by atoms with van der Waals surface area (Å²) in [7, 11) is 0. The van der Waals surface area contributed by atoms with E-state index in [1.807, 2.05) is 36.4 Å². The minimum atomic E-state index is -5.08. The van der Waals surface area contributed by atoms with Gasteiger partial charge in [0, 0.05) is 18.3 Å². The molecule has 1 aromatic carbocycles. The quantitative estimate of drug-likeness (QED) is 0.154. The van der Waals surface area contributed by atoms with Gasteiger partial charge in [-0.1, -0.05) is 48.0 Å². The first-order valence-corrected chi connectivity index (χ1v) is 11.6. The van der Waals surface area contributed by atoms with Crippen LogP contribution in [0.3, 0.4) is 0 Å². The molecule has 6 N–H and O–H groups in total. The Balaban J connectivity index is 0. The van der Waals surface area contributed by atoms with Gasteiger partial charge < -0.3 is 31.1 Å². The molecule has 1 unspecified atom stereocenters. The molecule has 2 aromatic rings. The number of benzene rings is 1. The normalized spacial score (nSPS) is 11.6. The topological polar surface area (TPSA) is 189 Å². The zero-order valence-corrected chi connectivity index (χ0v) is 22.5. The Morgan fingerprint density at radius 2 is 1.25 bits per heavy atom. The van der Waals surface area contributed by atoms with Crippen molar-refractivity contribution in [2.75, 3.05) is 19.7 Å². The molecule has 0 aliphatic rings. The largest absolute Gasteiger partial charge is 0.490 e. The van der Waals surface area contributed by atoms with Crippen molar-refractivity contribution in [1.29, 1.82) is 0 Å². The third-order valence-corrected chi connectivity index (χ3v) is 4.30. The molecule has 0 saturated carbocycles. The van der Waals surface area contributed by atoms with Gasteiger partial charge in [-0.15, -0.1) is 0 Å². The van der Waals surface area contributed by atoms with E-state index in [0.717, 1.165) is 17.5 Å². The lowest BCUT2D eigenvalue weighted by atomic mass is 10.0. The molecule has 0 aliphatic heterocycles. The zero-order valence-electron chi connectivity index (χ0n) is 21.7. The number of carboxylic acid groups (broad SMARTS) is 3. The Labute approximate surface area is 246 Å². The molecule has 1 atom stereocenters. The number of nitrogens with one attached hydrogen (secondary N) is 1. The minimum Gasteiger partial charge on any atom is -0.475 e. The van der Waals surface area contributed by atoms with E-state index in [-0.39, 0.29) is 12.5 Å². The summed E-state index contributed by atoms with van der Waals surface area (Å²) in [4.78, 5) is 42.6. The van der Waals surface area contributed by atoms with Crippen LogP contribution in [0.15, 0.2) is 48.7 Å². The number of amides is 1. The van der Waals surface area contributed by atoms with Crippen LogP contribution in [0.5, 0.6) is 0 Å². The molecule has 44 heavy (non-hydrogen) atoms. The number of rotatable bonds is 8. The number of nitrogens with two attached hydrogens (primary N) is 1. The summed E-state index contributed by atoms with van der Waals surface area (Å²) < 4.78 is 101. The Morgan fingerprint density at radius 1 is 0.818 bits per heavy atom. The van der Waals surface area contributed by atoms with Crippen LogP contribution in [0, 0.1) is 0 Å². The SMILES string of the molecule is NCCCNC(=O)COC(c1ccccc1)c1cccnc1Cl.O=C(O)C(F)(F)F.O=C(O)C(F)(F)F.O=C(O)C(F)(F)F. The fourth-order valence-electron chi connectivity index (χ4n) is 2.13. The number of carbonyl (C=O) groups is 4. The molecule has 0 aliphatic carbocycles. The highest BCUT2D eigenvalue weighted by Gasteiger charge is 2.39. The number of carbonyl (C=O) groups excluding carboxylic acids is 1. The van der Waals surface area contributed by atoms with Crippen molar-refractivity contribution in [1.82, 2.24) is 10.3 Å². The van der Waals surface area contributed by atoms with E-state index in [0.29, 0.717) is 18.2 Å². The Bertz CT molecular complexity index is 1120. The van der Waals surface area contributed by atoms with E-state index < -0.39 is 42.5 Å². The first-order valence-electron chi connectivity index (χ1n) is 11.2. The second-order valence-electron chi connectivity index (χ2n) is 7.39. The third kappa shape index (κ3) is 19.9. The van der Waals surface area contributed by atoms with Gasteiger partial charge in [-0.2, -0.15) is 39.5 Å². The average Bonchev–Trinajstić information content (AvgIpc) is 2.90. The lowest BCUT2D eigenvalue weighted by molar-refractivity contribution is -0.193. The number of nitrogens with zero attached hydrogens (tertiary/aromatic N) is 1. The molecule has 0 saturated heterocycles. The van der Waals surface area contributed by atoms with Crippen LogP contribution in [0.1, 0.15) is 23.7 Å². The van der Waals surface area contributed by atoms with Crippen molar-refractivity contribution in [3.05, 3.63) is 64.9 Å². The van der Waals surface area contributed by atoms with Crippen molar-refractivity contribution < 1.29 is 78.7 Å². The summed E-state index contributed by atoms with van der Waals surface area (Å²) >= 11 is 6.18. The van der Waals surface area contributed by atoms with Gasteiger partial charge in [-0.05, 0) is 24.6 Å². The number of aromatic nitrogens is 1. The smallest absolute Gasteiger partial charge is 0.475 e. The lowest BCUT2D eigenvalue weighted by Gasteiger charge is -2.19. The van der Waals surface area contributed by atoms with Crippen LogP contribution in [-0.2, 0) is 23.9 Å². The van der Waals surface area contributed by atoms with E-state index >= 15 is 0 Å². The van der Waals surface area contributed by atoms with Gasteiger partial charge in [-0.3, -0.25) is 4.79 Å². The number of alkyl halides is 9. The molecule has 0 spiro atoms. The molecule has 248 valence electrons. The molecule has 0 fully saturated rings. The van der Waals surface area contributed by atoms with Crippen molar-refractivity contribution in [3.63, 3.8) is 0 Å². The van der Waals surface area contributed by atoms with E-state index in [1.165, 1.54) is 0 Å². The van der Waals surface area contributed by atoms with Crippen LogP contribution in [-0.4, -0.2) is 82.3 Å². The Hall–Kier alpha value is -4.17. The van der Waals surface area contributed by atoms with Crippen LogP contribution >= 0.6 is 11.6 Å². The number of hydrogen-bond donors (Lipinski definition) is 5. The molecule has 1 aromatic heterocycles. The van der Waals surface area contributed by atoms with Crippen molar-refractivity contribution in [2.24, 2.45) is 5.73 Å². The first kappa shape index (κ1) is 42.0. The predicted octanol–water partition coefficient (Wildman–Crippen LogP) is 4.21. The maximum absolute atomic E-state index is 11.8. The lowest BCUT2D eigenvalue weighted by Crippen LogP contribution is -2.30. The maximum atomic E-state index is 11.8. The molecule has 0 bridgehead atoms. The third-order valence-electron chi connectivity index (χ3n) is 3.98. The van der Waals surface area contributed by atoms with Crippen LogP contribution in [0.4, 0.5) is 39.5 Å². The van der Waals surface area contributed by atoms with Crippen molar-refractivity contribution in [2.45, 2.75) is 31.1 Å². The maximum Gasteiger partial charge on any atom is 0.490 e. The second-order valence-corrected chi connectivity index (χ2v) is 7.74. The molecule has 1 amide bonds. The number of carboxylic acids is 3. The fourth-order valence-corrected chi connectivity index (χ4v) is 2.35. The summed E-state index contributed by atoms with van der Waals surface area (Å²) in [5.41, 5.74) is 7.05. The summed E-state index contributed by atoms with van der Waals surface area (Å²) in [6.07, 6.45) is -13.3. The number of halogens is 10. The predicted molar refractivity (Wildman–Crippen MR) is 131 cm³/mol. The fraction of sp³-hybridized carbons (Fsp3) is 0.348. The molecule has 2 rings (SSSR count). The highest BCUT2D eigenvalue weighted by atomic mass is 35.5. The molecule has 11 nitrogen and oxygen atoms in total. The van der Waals surface area contributed by atoms with Gasteiger partial charge in [-0.25, -0.2) is 19.4 Å². The molecular formula is C23H23ClF9N3O8. The Kier molecular flexibility index (Phi) is 19.0. The van der Waals surface area contributed by atoms with Crippen molar-refractivity contribution in [3.8, 4) is 0 Å². The summed E-state index contributed by atoms with van der Waals surface area (Å²) in [6, 6.07) is 13.3. The van der Waals surface area contributed by atoms with Crippen LogP contribution in [0.2, 0.25) is 5.15 Å². The first-order chi connectivity index (χ1) is 20.0. The van der Waals surface area contributed by atoms with Gasteiger partial charge in [0.25, 0.3) is 0 Å². The molecular weight excluding hydrogens is 653 g/mol. The minimum absolute atomic E-state index is 0.0602. The molecule has 21 heteroatoms. The van der Waals surface area contributed by atoms with Gasteiger partial charge in [0.15, 0.2) is 0 Å². The van der Waals surface area contributed by atoms with Gasteiger partial charge in [0.2, 0.25) is 5.91 Å². The number of pyridine rings is 1. The summed E-state index contributed by atoms with van der Waals surface area (Å²) in [6.45, 7) is 1.02. The average molecular weight is 676 g/mol. The summed E-state index contributed by atoms with van der Waals surface area (Å²) in [5, 5.41) is 24.5. The van der Waals surface area contributed by atoms with Crippen LogP contribution < -0.4 is 11.1 Å². The van der Waals surface area contributed by atoms with E-state index in [1.54, 1.807) is 12.3 Å². The zero-order chi connectivity index (χ0) is 34.7. The van der Waals surface area contributed by atoms with Crippen molar-refractivity contribution >= 4 is 35.4 Å². The highest BCUT2D eigenvalue weighted by molar-refractivity contribution is 6.30. The number of aliphatic carboxylic acids is 3. The van der Waals surface area contributed by atoms with E-state index in [2.05, 4.69) is 10.3 Å². The number of hydrogen-bond acceptors (Lipinski definition) is 7. The van der Waals surface area contributed by atoms with Crippen LogP contribution in [0.25, 0.3) is 0 Å². The Morgan fingerprint density at radius 3 is 1.61 bits per heavy atom. The van der Waals surface area contributed by atoms with Gasteiger partial charge in [0.1, 0.15) is 17.9 Å². The van der Waals surface area contributed by atoms with Gasteiger partial charge >= 0.3 is 36.4 Å². The standard InChI is InChI=1S/C17H20ClN3O2.3C2HF3O2/c18-17-14(8-4-10-21-17)16(13-6-2-1-3-7-13)23-12-15(22)20-11-5-9-19;3*3-2(4,5)1(6)7/h1-4,6-8,10,16H,5,9,11-12,19H2,(H,20,22);3*(H,6,7). The van der Waals surface area contributed by atoms with E-state index in [4.69, 9.17) is 51.8 Å². The second kappa shape index (κ2) is 19.9.